The molecule has 0 aliphatic carbocycles. The number of allylic oxidation sites excluding steroid dienone is 6. The Morgan fingerprint density at radius 2 is 2.00 bits per heavy atom. The van der Waals surface area contributed by atoms with Crippen molar-refractivity contribution in [3.05, 3.63) is 36.5 Å². The van der Waals surface area contributed by atoms with Crippen LogP contribution >= 0.6 is 0 Å². The summed E-state index contributed by atoms with van der Waals surface area (Å²) < 4.78 is 0. The fourth-order valence-corrected chi connectivity index (χ4v) is 0.802. The molecule has 0 fully saturated rings. The molecule has 0 heteroatoms. The molecular weight excluding hydrogens is 132 g/mol. The average Bonchev–Trinajstić information content (AvgIpc) is 1.99. The molecule has 0 aromatic carbocycles. The van der Waals surface area contributed by atoms with Crippen LogP contribution in [0.4, 0.5) is 0 Å². The first-order valence-electron chi connectivity index (χ1n) is 4.13. The average molecular weight is 149 g/mol. The van der Waals surface area contributed by atoms with E-state index in [4.69, 9.17) is 0 Å². The van der Waals surface area contributed by atoms with Gasteiger partial charge in [0.05, 0.1) is 0 Å². The maximum Gasteiger partial charge on any atom is -0.00108 e. The van der Waals surface area contributed by atoms with Crippen LogP contribution < -0.4 is 0 Å². The van der Waals surface area contributed by atoms with Crippen LogP contribution in [0.25, 0.3) is 0 Å². The smallest absolute Gasteiger partial charge is 0.00108 e. The maximum atomic E-state index is 3.26. The van der Waals surface area contributed by atoms with Crippen LogP contribution in [0.1, 0.15) is 27.2 Å². The van der Waals surface area contributed by atoms with E-state index in [0.29, 0.717) is 5.92 Å². The lowest BCUT2D eigenvalue weighted by Gasteiger charge is -1.93. The van der Waals surface area contributed by atoms with Gasteiger partial charge in [-0.15, -0.1) is 0 Å². The Hall–Kier alpha value is -0.780. The van der Waals surface area contributed by atoms with Crippen LogP contribution in [0.3, 0.4) is 0 Å². The van der Waals surface area contributed by atoms with Gasteiger partial charge in [-0.25, -0.2) is 0 Å². The highest BCUT2D eigenvalue weighted by atomic mass is 13.9. The topological polar surface area (TPSA) is 0 Å². The summed E-state index contributed by atoms with van der Waals surface area (Å²) in [5.41, 5.74) is 0. The Labute approximate surface area is 70.3 Å². The van der Waals surface area contributed by atoms with Gasteiger partial charge in [0.1, 0.15) is 0 Å². The van der Waals surface area contributed by atoms with Crippen LogP contribution in [0.5, 0.6) is 0 Å². The molecule has 1 radical (unpaired) electrons. The molecule has 0 saturated carbocycles. The third kappa shape index (κ3) is 7.11. The van der Waals surface area contributed by atoms with Crippen LogP contribution in [0, 0.1) is 12.0 Å². The molecule has 0 N–H and O–H groups in total. The summed E-state index contributed by atoms with van der Waals surface area (Å²) in [6.45, 7) is 6.19. The van der Waals surface area contributed by atoms with Crippen molar-refractivity contribution in [1.82, 2.24) is 0 Å². The summed E-state index contributed by atoms with van der Waals surface area (Å²) in [7, 11) is 0. The third-order valence-corrected chi connectivity index (χ3v) is 1.35. The van der Waals surface area contributed by atoms with Gasteiger partial charge in [0.2, 0.25) is 0 Å². The van der Waals surface area contributed by atoms with Crippen molar-refractivity contribution in [3.8, 4) is 0 Å². The zero-order valence-electron chi connectivity index (χ0n) is 7.67. The van der Waals surface area contributed by atoms with Gasteiger partial charge in [0.15, 0.2) is 0 Å². The Morgan fingerprint density at radius 3 is 2.55 bits per heavy atom. The van der Waals surface area contributed by atoms with Crippen LogP contribution in [0.2, 0.25) is 0 Å². The van der Waals surface area contributed by atoms with E-state index < -0.39 is 0 Å². The van der Waals surface area contributed by atoms with E-state index in [-0.39, 0.29) is 0 Å². The van der Waals surface area contributed by atoms with Crippen molar-refractivity contribution in [2.24, 2.45) is 5.92 Å². The number of hydrogen-bond acceptors (Lipinski definition) is 0. The summed E-state index contributed by atoms with van der Waals surface area (Å²) in [6, 6.07) is 0. The van der Waals surface area contributed by atoms with E-state index in [1.807, 2.05) is 13.8 Å². The first-order chi connectivity index (χ1) is 5.31. The highest BCUT2D eigenvalue weighted by Crippen LogP contribution is 1.98. The fraction of sp³-hybridized carbons (Fsp3) is 0.455. The normalized spacial score (nSPS) is 15.5. The van der Waals surface area contributed by atoms with Crippen molar-refractivity contribution in [3.63, 3.8) is 0 Å². The van der Waals surface area contributed by atoms with Gasteiger partial charge in [0.25, 0.3) is 0 Å². The van der Waals surface area contributed by atoms with E-state index >= 15 is 0 Å². The summed E-state index contributed by atoms with van der Waals surface area (Å²) >= 11 is 0. The first kappa shape index (κ1) is 10.2. The van der Waals surface area contributed by atoms with Gasteiger partial charge >= 0.3 is 0 Å². The lowest BCUT2D eigenvalue weighted by Crippen LogP contribution is -1.81. The molecule has 0 saturated heterocycles. The highest BCUT2D eigenvalue weighted by Gasteiger charge is 1.85. The summed E-state index contributed by atoms with van der Waals surface area (Å²) in [6.07, 6.45) is 14.7. The Balaban J connectivity index is 3.56. The predicted molar refractivity (Wildman–Crippen MR) is 51.2 cm³/mol. The second-order valence-electron chi connectivity index (χ2n) is 2.49. The molecule has 1 unspecified atom stereocenters. The molecule has 11 heavy (non-hydrogen) atoms. The lowest BCUT2D eigenvalue weighted by atomic mass is 10.1. The molecule has 0 aliphatic rings. The zero-order chi connectivity index (χ0) is 8.53. The van der Waals surface area contributed by atoms with Gasteiger partial charge in [-0.3, -0.25) is 0 Å². The quantitative estimate of drug-likeness (QED) is 0.536. The first-order valence-corrected chi connectivity index (χ1v) is 4.13. The van der Waals surface area contributed by atoms with E-state index in [1.54, 1.807) is 0 Å². The lowest BCUT2D eigenvalue weighted by molar-refractivity contribution is 0.901. The van der Waals surface area contributed by atoms with E-state index in [1.165, 1.54) is 0 Å². The molecule has 0 aliphatic heterocycles. The van der Waals surface area contributed by atoms with Gasteiger partial charge in [-0.2, -0.15) is 0 Å². The minimum absolute atomic E-state index is 0.449. The van der Waals surface area contributed by atoms with Crippen LogP contribution in [0.15, 0.2) is 30.4 Å². The molecule has 1 atom stereocenters. The van der Waals surface area contributed by atoms with E-state index in [9.17, 15) is 0 Å². The largest absolute Gasteiger partial charge is 0.0914 e. The van der Waals surface area contributed by atoms with Gasteiger partial charge in [-0.05, 0) is 32.3 Å². The van der Waals surface area contributed by atoms with E-state index in [2.05, 4.69) is 43.4 Å². The molecule has 61 valence electrons. The van der Waals surface area contributed by atoms with Crippen LogP contribution in [-0.4, -0.2) is 0 Å². The Kier molecular flexibility index (Phi) is 6.81. The summed E-state index contributed by atoms with van der Waals surface area (Å²) in [5, 5.41) is 0. The number of rotatable bonds is 4. The van der Waals surface area contributed by atoms with Gasteiger partial charge in [0, 0.05) is 0 Å². The minimum Gasteiger partial charge on any atom is -0.0914 e. The molecule has 0 aromatic heterocycles. The van der Waals surface area contributed by atoms with Gasteiger partial charge < -0.3 is 0 Å². The summed E-state index contributed by atoms with van der Waals surface area (Å²) in [4.78, 5) is 0. The third-order valence-electron chi connectivity index (χ3n) is 1.35. The highest BCUT2D eigenvalue weighted by molar-refractivity contribution is 4.95. The molecule has 0 heterocycles. The second-order valence-corrected chi connectivity index (χ2v) is 2.49. The molecule has 0 spiro atoms. The second kappa shape index (κ2) is 7.33. The van der Waals surface area contributed by atoms with Crippen molar-refractivity contribution in [2.45, 2.75) is 27.2 Å². The predicted octanol–water partition coefficient (Wildman–Crippen LogP) is 3.52. The molecule has 0 aromatic rings. The van der Waals surface area contributed by atoms with Crippen LogP contribution in [-0.2, 0) is 0 Å². The van der Waals surface area contributed by atoms with Crippen molar-refractivity contribution < 1.29 is 0 Å². The molecule has 0 rings (SSSR count). The molecule has 0 amide bonds. The molecule has 0 bridgehead atoms. The maximum absolute atomic E-state index is 3.26. The van der Waals surface area contributed by atoms with Crippen molar-refractivity contribution in [2.75, 3.05) is 0 Å². The monoisotopic (exact) mass is 149 g/mol. The Morgan fingerprint density at radius 1 is 1.27 bits per heavy atom. The SMILES string of the molecule is CC=CCC=[C]C(C)C=CC. The minimum atomic E-state index is 0.449. The molecular formula is C11H17. The van der Waals surface area contributed by atoms with Gasteiger partial charge in [-0.1, -0.05) is 37.3 Å². The zero-order valence-corrected chi connectivity index (χ0v) is 7.67. The number of hydrogen-bond donors (Lipinski definition) is 0. The standard InChI is InChI=1S/C11H17/c1-4-6-7-8-10-11(3)9-5-2/h4-6,8-9,11H,7H2,1-3H3. The molecule has 0 nitrogen and oxygen atoms in total. The Bertz CT molecular complexity index is 149. The van der Waals surface area contributed by atoms with Crippen molar-refractivity contribution >= 4 is 0 Å². The van der Waals surface area contributed by atoms with Crippen molar-refractivity contribution in [1.29, 1.82) is 0 Å². The fourth-order valence-electron chi connectivity index (χ4n) is 0.802. The summed E-state index contributed by atoms with van der Waals surface area (Å²) in [5.74, 6) is 0.449. The van der Waals surface area contributed by atoms with E-state index in [0.717, 1.165) is 6.42 Å².